The molecule has 0 amide bonds. The number of carbonyl (C=O) groups excluding carboxylic acids is 1. The van der Waals surface area contributed by atoms with Crippen LogP contribution < -0.4 is 4.74 Å². The maximum Gasteiger partial charge on any atom is 0.153 e. The Balaban J connectivity index is 1.72. The zero-order valence-corrected chi connectivity index (χ0v) is 13.5. The lowest BCUT2D eigenvalue weighted by Gasteiger charge is -2.37. The molecule has 2 atom stereocenters. The summed E-state index contributed by atoms with van der Waals surface area (Å²) in [7, 11) is 0. The van der Waals surface area contributed by atoms with Crippen molar-refractivity contribution in [2.24, 2.45) is 0 Å². The first kappa shape index (κ1) is 14.4. The Hall–Kier alpha value is -0.520. The normalized spacial score (nSPS) is 29.6. The van der Waals surface area contributed by atoms with Crippen LogP contribution in [0.1, 0.15) is 29.6 Å². The van der Waals surface area contributed by atoms with Crippen LogP contribution in [0.5, 0.6) is 5.75 Å². The highest BCUT2D eigenvalue weighted by Gasteiger charge is 2.41. The lowest BCUT2D eigenvalue weighted by Crippen LogP contribution is -2.43. The zero-order chi connectivity index (χ0) is 14.0. The van der Waals surface area contributed by atoms with E-state index in [2.05, 4.69) is 15.9 Å². The van der Waals surface area contributed by atoms with E-state index in [1.165, 1.54) is 5.75 Å². The molecule has 108 valence electrons. The summed E-state index contributed by atoms with van der Waals surface area (Å²) < 4.78 is 13.0. The minimum Gasteiger partial charge on any atom is -0.489 e. The second-order valence-electron chi connectivity index (χ2n) is 5.37. The molecule has 2 aliphatic heterocycles. The van der Waals surface area contributed by atoms with E-state index in [4.69, 9.17) is 9.47 Å². The first-order valence-electron chi connectivity index (χ1n) is 6.84. The Morgan fingerprint density at radius 2 is 2.40 bits per heavy atom. The van der Waals surface area contributed by atoms with Gasteiger partial charge in [0.15, 0.2) is 6.29 Å². The van der Waals surface area contributed by atoms with E-state index in [9.17, 15) is 4.79 Å². The molecular weight excluding hydrogens is 340 g/mol. The Labute approximate surface area is 131 Å². The average Bonchev–Trinajstić information content (AvgIpc) is 2.89. The number of halogens is 1. The molecule has 0 aliphatic carbocycles. The molecule has 3 nitrogen and oxygen atoms in total. The van der Waals surface area contributed by atoms with Crippen LogP contribution >= 0.6 is 27.7 Å². The highest BCUT2D eigenvalue weighted by Crippen LogP contribution is 2.39. The van der Waals surface area contributed by atoms with E-state index < -0.39 is 0 Å². The van der Waals surface area contributed by atoms with Crippen LogP contribution in [0.15, 0.2) is 22.7 Å². The number of hydrogen-bond donors (Lipinski definition) is 0. The topological polar surface area (TPSA) is 35.5 Å². The molecule has 5 heteroatoms. The first-order chi connectivity index (χ1) is 9.71. The maximum atomic E-state index is 11.1. The molecule has 3 rings (SSSR count). The fourth-order valence-electron chi connectivity index (χ4n) is 2.85. The molecule has 2 aliphatic rings. The molecule has 0 aromatic heterocycles. The second-order valence-corrected chi connectivity index (χ2v) is 7.39. The van der Waals surface area contributed by atoms with Crippen LogP contribution in [-0.4, -0.2) is 36.1 Å². The molecule has 2 fully saturated rings. The van der Waals surface area contributed by atoms with Crippen molar-refractivity contribution in [3.8, 4) is 5.75 Å². The van der Waals surface area contributed by atoms with Crippen molar-refractivity contribution in [2.45, 2.75) is 31.0 Å². The van der Waals surface area contributed by atoms with Gasteiger partial charge in [-0.2, -0.15) is 11.8 Å². The van der Waals surface area contributed by atoms with E-state index in [1.807, 2.05) is 23.9 Å². The fraction of sp³-hybridized carbons (Fsp3) is 0.533. The van der Waals surface area contributed by atoms with Gasteiger partial charge in [0.1, 0.15) is 11.9 Å². The highest BCUT2D eigenvalue weighted by atomic mass is 79.9. The second kappa shape index (κ2) is 6.08. The Morgan fingerprint density at radius 1 is 1.50 bits per heavy atom. The summed E-state index contributed by atoms with van der Waals surface area (Å²) in [5, 5.41) is 0. The summed E-state index contributed by atoms with van der Waals surface area (Å²) in [4.78, 5) is 11.1. The van der Waals surface area contributed by atoms with E-state index >= 15 is 0 Å². The van der Waals surface area contributed by atoms with Crippen LogP contribution in [0.2, 0.25) is 0 Å². The Kier molecular flexibility index (Phi) is 4.38. The van der Waals surface area contributed by atoms with E-state index in [1.54, 1.807) is 6.07 Å². The van der Waals surface area contributed by atoms with Crippen LogP contribution in [-0.2, 0) is 4.74 Å². The van der Waals surface area contributed by atoms with Gasteiger partial charge in [-0.15, -0.1) is 0 Å². The average molecular weight is 357 g/mol. The first-order valence-corrected chi connectivity index (χ1v) is 8.79. The molecule has 2 heterocycles. The molecule has 0 N–H and O–H groups in total. The van der Waals surface area contributed by atoms with Gasteiger partial charge < -0.3 is 9.47 Å². The quantitative estimate of drug-likeness (QED) is 0.773. The molecule has 0 saturated carbocycles. The van der Waals surface area contributed by atoms with Gasteiger partial charge in [0.25, 0.3) is 0 Å². The van der Waals surface area contributed by atoms with Crippen molar-refractivity contribution in [1.29, 1.82) is 0 Å². The minimum absolute atomic E-state index is 0.00426. The van der Waals surface area contributed by atoms with Crippen molar-refractivity contribution in [3.05, 3.63) is 28.2 Å². The number of aldehydes is 1. The smallest absolute Gasteiger partial charge is 0.153 e. The zero-order valence-electron chi connectivity index (χ0n) is 11.1. The van der Waals surface area contributed by atoms with Gasteiger partial charge in [0, 0.05) is 23.1 Å². The van der Waals surface area contributed by atoms with Gasteiger partial charge in [-0.3, -0.25) is 4.79 Å². The molecule has 1 aromatic rings. The highest BCUT2D eigenvalue weighted by molar-refractivity contribution is 9.10. The predicted octanol–water partition coefficient (Wildman–Crippen LogP) is 3.70. The molecule has 20 heavy (non-hydrogen) atoms. The minimum atomic E-state index is 0.00426. The number of benzene rings is 1. The van der Waals surface area contributed by atoms with Crippen molar-refractivity contribution in [2.75, 3.05) is 18.1 Å². The van der Waals surface area contributed by atoms with Crippen molar-refractivity contribution in [3.63, 3.8) is 0 Å². The largest absolute Gasteiger partial charge is 0.489 e. The molecule has 2 saturated heterocycles. The fourth-order valence-corrected chi connectivity index (χ4v) is 4.60. The summed E-state index contributed by atoms with van der Waals surface area (Å²) in [6.07, 6.45) is 3.91. The SMILES string of the molecule is O=Cc1cc(Br)ccc1OC1CCOC2(CCSC2)C1. The van der Waals surface area contributed by atoms with Crippen LogP contribution in [0.25, 0.3) is 0 Å². The maximum absolute atomic E-state index is 11.1. The van der Waals surface area contributed by atoms with Gasteiger partial charge in [0.05, 0.1) is 17.8 Å². The standard InChI is InChI=1S/C15H17BrO3S/c16-12-1-2-14(11(7-12)9-17)19-13-3-5-18-15(8-13)4-6-20-10-15/h1-2,7,9,13H,3-6,8,10H2. The number of thioether (sulfide) groups is 1. The van der Waals surface area contributed by atoms with E-state index in [0.29, 0.717) is 11.3 Å². The van der Waals surface area contributed by atoms with Gasteiger partial charge >= 0.3 is 0 Å². The third-order valence-electron chi connectivity index (χ3n) is 3.91. The summed E-state index contributed by atoms with van der Waals surface area (Å²) in [6, 6.07) is 5.56. The monoisotopic (exact) mass is 356 g/mol. The predicted molar refractivity (Wildman–Crippen MR) is 83.8 cm³/mol. The van der Waals surface area contributed by atoms with Crippen molar-refractivity contribution >= 4 is 34.0 Å². The molecule has 2 unspecified atom stereocenters. The van der Waals surface area contributed by atoms with Gasteiger partial charge in [-0.1, -0.05) is 15.9 Å². The lowest BCUT2D eigenvalue weighted by molar-refractivity contribution is -0.0959. The van der Waals surface area contributed by atoms with Gasteiger partial charge in [0.2, 0.25) is 0 Å². The van der Waals surface area contributed by atoms with Gasteiger partial charge in [-0.25, -0.2) is 0 Å². The Morgan fingerprint density at radius 3 is 3.15 bits per heavy atom. The summed E-state index contributed by atoms with van der Waals surface area (Å²) in [6.45, 7) is 0.748. The molecule has 1 spiro atoms. The van der Waals surface area contributed by atoms with E-state index in [-0.39, 0.29) is 11.7 Å². The number of rotatable bonds is 3. The van der Waals surface area contributed by atoms with Gasteiger partial charge in [-0.05, 0) is 30.4 Å². The van der Waals surface area contributed by atoms with Crippen molar-refractivity contribution in [1.82, 2.24) is 0 Å². The lowest BCUT2D eigenvalue weighted by atomic mass is 9.91. The summed E-state index contributed by atoms with van der Waals surface area (Å²) >= 11 is 5.33. The number of hydrogen-bond acceptors (Lipinski definition) is 4. The molecule has 0 radical (unpaired) electrons. The van der Waals surface area contributed by atoms with Crippen LogP contribution in [0.4, 0.5) is 0 Å². The van der Waals surface area contributed by atoms with Crippen molar-refractivity contribution < 1.29 is 14.3 Å². The van der Waals surface area contributed by atoms with Crippen LogP contribution in [0.3, 0.4) is 0 Å². The summed E-state index contributed by atoms with van der Waals surface area (Å²) in [5.41, 5.74) is 0.602. The third kappa shape index (κ3) is 3.05. The number of ether oxygens (including phenoxy) is 2. The van der Waals surface area contributed by atoms with Crippen LogP contribution in [0, 0.1) is 0 Å². The third-order valence-corrected chi connectivity index (χ3v) is 5.62. The molecule has 1 aromatic carbocycles. The Bertz CT molecular complexity index is 500. The molecular formula is C15H17BrO3S. The summed E-state index contributed by atoms with van der Waals surface area (Å²) in [5.74, 6) is 2.91. The van der Waals surface area contributed by atoms with E-state index in [0.717, 1.165) is 42.4 Å². The number of carbonyl (C=O) groups is 1. The molecule has 0 bridgehead atoms.